The van der Waals surface area contributed by atoms with Crippen molar-refractivity contribution in [2.24, 2.45) is 0 Å². The fourth-order valence-corrected chi connectivity index (χ4v) is 3.65. The molecule has 0 radical (unpaired) electrons. The van der Waals surface area contributed by atoms with E-state index in [0.29, 0.717) is 0 Å². The van der Waals surface area contributed by atoms with E-state index < -0.39 is 42.6 Å². The number of rotatable bonds is 11. The summed E-state index contributed by atoms with van der Waals surface area (Å²) in [6.45, 7) is 1.58. The lowest BCUT2D eigenvalue weighted by Crippen LogP contribution is -2.62. The molecule has 1 N–H and O–H groups in total. The molecule has 1 saturated heterocycles. The highest BCUT2D eigenvalue weighted by Crippen LogP contribution is 2.30. The van der Waals surface area contributed by atoms with Gasteiger partial charge in [-0.25, -0.2) is 4.79 Å². The lowest BCUT2D eigenvalue weighted by Gasteiger charge is -2.42. The van der Waals surface area contributed by atoms with E-state index in [9.17, 15) is 19.5 Å². The molecule has 9 heteroatoms. The molecule has 1 aliphatic rings. The van der Waals surface area contributed by atoms with E-state index in [2.05, 4.69) is 0 Å². The van der Waals surface area contributed by atoms with E-state index in [0.717, 1.165) is 18.2 Å². The van der Waals surface area contributed by atoms with Crippen LogP contribution in [0, 0.1) is 0 Å². The molecule has 0 bridgehead atoms. The Morgan fingerprint density at radius 2 is 1.37 bits per heavy atom. The zero-order chi connectivity index (χ0) is 25.2. The lowest BCUT2D eigenvalue weighted by molar-refractivity contribution is -0.303. The van der Waals surface area contributed by atoms with E-state index in [1.165, 1.54) is 6.92 Å². The van der Waals surface area contributed by atoms with Gasteiger partial charge in [0.15, 0.2) is 18.5 Å². The number of benzene rings is 2. The second-order valence-corrected chi connectivity index (χ2v) is 8.15. The van der Waals surface area contributed by atoms with Crippen LogP contribution < -0.4 is 0 Å². The van der Waals surface area contributed by atoms with Crippen LogP contribution in [0.1, 0.15) is 30.9 Å². The molecule has 0 saturated carbocycles. The maximum absolute atomic E-state index is 12.5. The van der Waals surface area contributed by atoms with Gasteiger partial charge in [0.1, 0.15) is 18.0 Å². The summed E-state index contributed by atoms with van der Waals surface area (Å²) in [7, 11) is 1.16. The number of Topliss-reactive ketones (excluding diaryl/α,β-unsaturated/α-hetero) is 1. The Morgan fingerprint density at radius 1 is 0.829 bits per heavy atom. The zero-order valence-corrected chi connectivity index (χ0v) is 19.7. The van der Waals surface area contributed by atoms with E-state index in [-0.39, 0.29) is 31.8 Å². The van der Waals surface area contributed by atoms with Crippen LogP contribution in [0.5, 0.6) is 0 Å². The minimum Gasteiger partial charge on any atom is -0.467 e. The number of aliphatic hydroxyl groups excluding tert-OH is 1. The van der Waals surface area contributed by atoms with Gasteiger partial charge >= 0.3 is 11.9 Å². The first-order valence-electron chi connectivity index (χ1n) is 11.3. The van der Waals surface area contributed by atoms with Gasteiger partial charge in [-0.15, -0.1) is 0 Å². The Labute approximate surface area is 203 Å². The highest BCUT2D eigenvalue weighted by molar-refractivity contribution is 5.81. The summed E-state index contributed by atoms with van der Waals surface area (Å²) in [6.07, 6.45) is -6.65. The maximum Gasteiger partial charge on any atom is 0.339 e. The van der Waals surface area contributed by atoms with Crippen LogP contribution in [0.2, 0.25) is 0 Å². The summed E-state index contributed by atoms with van der Waals surface area (Å²) < 4.78 is 27.9. The first kappa shape index (κ1) is 26.5. The van der Waals surface area contributed by atoms with Crippen molar-refractivity contribution < 1.29 is 43.2 Å². The summed E-state index contributed by atoms with van der Waals surface area (Å²) in [4.78, 5) is 36.3. The zero-order valence-electron chi connectivity index (χ0n) is 19.7. The molecule has 1 aliphatic heterocycles. The maximum atomic E-state index is 12.5. The number of ether oxygens (including phenoxy) is 5. The Bertz CT molecular complexity index is 963. The first-order valence-corrected chi connectivity index (χ1v) is 11.3. The lowest BCUT2D eigenvalue weighted by atomic mass is 9.97. The fraction of sp³-hybridized carbons (Fsp3) is 0.423. The fourth-order valence-electron chi connectivity index (χ4n) is 3.65. The van der Waals surface area contributed by atoms with Crippen molar-refractivity contribution in [2.75, 3.05) is 7.11 Å². The van der Waals surface area contributed by atoms with E-state index >= 15 is 0 Å². The molecular weight excluding hydrogens is 456 g/mol. The van der Waals surface area contributed by atoms with Crippen LogP contribution in [0.25, 0.3) is 0 Å². The van der Waals surface area contributed by atoms with Crippen LogP contribution >= 0.6 is 0 Å². The van der Waals surface area contributed by atoms with Gasteiger partial charge in [-0.1, -0.05) is 60.7 Å². The number of carbonyl (C=O) groups excluding carboxylic acids is 3. The number of ketones is 1. The molecule has 2 aromatic rings. The van der Waals surface area contributed by atoms with Crippen LogP contribution in [0.15, 0.2) is 60.7 Å². The molecule has 0 amide bonds. The molecule has 5 atom stereocenters. The summed E-state index contributed by atoms with van der Waals surface area (Å²) in [6, 6.07) is 18.5. The van der Waals surface area contributed by atoms with E-state index in [4.69, 9.17) is 23.7 Å². The van der Waals surface area contributed by atoms with E-state index in [1.807, 2.05) is 60.7 Å². The van der Waals surface area contributed by atoms with Gasteiger partial charge in [-0.3, -0.25) is 4.79 Å². The number of hydrogen-bond donors (Lipinski definition) is 1. The molecule has 2 aromatic carbocycles. The highest BCUT2D eigenvalue weighted by atomic mass is 16.7. The molecule has 3 rings (SSSR count). The second kappa shape index (κ2) is 13.1. The topological polar surface area (TPSA) is 118 Å². The Hall–Kier alpha value is -3.11. The quantitative estimate of drug-likeness (QED) is 0.478. The number of methoxy groups -OCH3 is 1. The van der Waals surface area contributed by atoms with Crippen molar-refractivity contribution in [3.8, 4) is 0 Å². The normalized spacial score (nSPS) is 23.9. The van der Waals surface area contributed by atoms with Crippen molar-refractivity contribution in [3.05, 3.63) is 71.8 Å². The van der Waals surface area contributed by atoms with E-state index in [1.54, 1.807) is 0 Å². The average molecular weight is 487 g/mol. The van der Waals surface area contributed by atoms with Crippen LogP contribution in [-0.4, -0.2) is 60.6 Å². The molecule has 1 fully saturated rings. The Kier molecular flexibility index (Phi) is 9.92. The summed E-state index contributed by atoms with van der Waals surface area (Å²) in [5, 5.41) is 10.7. The first-order chi connectivity index (χ1) is 16.9. The van der Waals surface area contributed by atoms with Gasteiger partial charge in [-0.2, -0.15) is 0 Å². The SMILES string of the molecule is COC(=O)[C@H]1OC(O)[C@H](OCc2ccccc2)[C@@H](OCc2ccccc2)[C@@H]1OC(=O)CCC(C)=O. The van der Waals surface area contributed by atoms with Gasteiger partial charge in [-0.05, 0) is 18.1 Å². The monoisotopic (exact) mass is 486 g/mol. The molecule has 35 heavy (non-hydrogen) atoms. The molecule has 0 aromatic heterocycles. The van der Waals surface area contributed by atoms with Gasteiger partial charge in [0, 0.05) is 6.42 Å². The molecule has 0 aliphatic carbocycles. The average Bonchev–Trinajstić information content (AvgIpc) is 2.87. The summed E-state index contributed by atoms with van der Waals surface area (Å²) in [5.74, 6) is -1.74. The predicted molar refractivity (Wildman–Crippen MR) is 123 cm³/mol. The smallest absolute Gasteiger partial charge is 0.339 e. The Balaban J connectivity index is 1.86. The minimum absolute atomic E-state index is 0.0125. The Morgan fingerprint density at radius 3 is 1.89 bits per heavy atom. The standard InChI is InChI=1S/C26H30O9/c1-17(27)13-14-20(28)34-22-21(32-15-18-9-5-3-6-10-18)23(26(30)35-24(22)25(29)31-2)33-16-19-11-7-4-8-12-19/h3-12,21-24,26,30H,13-16H2,1-2H3/t21-,22-,23+,24-,26?/m0/s1. The molecule has 9 nitrogen and oxygen atoms in total. The van der Waals surface area contributed by atoms with Crippen LogP contribution in [0.4, 0.5) is 0 Å². The van der Waals surface area contributed by atoms with Crippen molar-refractivity contribution in [2.45, 2.75) is 63.7 Å². The molecule has 1 unspecified atom stereocenters. The van der Waals surface area contributed by atoms with Gasteiger partial charge in [0.25, 0.3) is 0 Å². The summed E-state index contributed by atoms with van der Waals surface area (Å²) in [5.41, 5.74) is 1.66. The predicted octanol–water partition coefficient (Wildman–Crippen LogP) is 2.33. The van der Waals surface area contributed by atoms with Crippen molar-refractivity contribution in [1.82, 2.24) is 0 Å². The third-order valence-electron chi connectivity index (χ3n) is 5.47. The number of aliphatic hydroxyl groups is 1. The minimum atomic E-state index is -1.56. The van der Waals surface area contributed by atoms with Crippen LogP contribution in [0.3, 0.4) is 0 Å². The molecule has 188 valence electrons. The molecule has 1 heterocycles. The molecular formula is C26H30O9. The van der Waals surface area contributed by atoms with Crippen molar-refractivity contribution in [1.29, 1.82) is 0 Å². The number of carbonyl (C=O) groups is 3. The number of esters is 2. The third kappa shape index (κ3) is 7.69. The summed E-state index contributed by atoms with van der Waals surface area (Å²) >= 11 is 0. The van der Waals surface area contributed by atoms with Gasteiger partial charge in [0.05, 0.1) is 26.7 Å². The molecule has 0 spiro atoms. The van der Waals surface area contributed by atoms with Crippen molar-refractivity contribution >= 4 is 17.7 Å². The highest BCUT2D eigenvalue weighted by Gasteiger charge is 2.52. The van der Waals surface area contributed by atoms with Gasteiger partial charge in [0.2, 0.25) is 0 Å². The third-order valence-corrected chi connectivity index (χ3v) is 5.47. The number of hydrogen-bond acceptors (Lipinski definition) is 9. The van der Waals surface area contributed by atoms with Gasteiger partial charge < -0.3 is 33.6 Å². The van der Waals surface area contributed by atoms with Crippen molar-refractivity contribution in [3.63, 3.8) is 0 Å². The largest absolute Gasteiger partial charge is 0.467 e. The van der Waals surface area contributed by atoms with Crippen LogP contribution in [-0.2, 0) is 51.3 Å². The second-order valence-electron chi connectivity index (χ2n) is 8.15.